The molecule has 0 bridgehead atoms. The summed E-state index contributed by atoms with van der Waals surface area (Å²) >= 11 is 5.95. The van der Waals surface area contributed by atoms with E-state index in [2.05, 4.69) is 4.90 Å². The Morgan fingerprint density at radius 1 is 1.29 bits per heavy atom. The quantitative estimate of drug-likeness (QED) is 0.848. The normalized spacial score (nSPS) is 11.0. The summed E-state index contributed by atoms with van der Waals surface area (Å²) in [5.74, 6) is 0. The molecule has 0 saturated heterocycles. The standard InChI is InChI=1S/C13H15ClN2O/c1-16(7-10-4-5-17-9-10)8-11-6-12(14)2-3-13(11)15/h2-6,9H,7-8,15H2,1H3. The van der Waals surface area contributed by atoms with Gasteiger partial charge in [0.05, 0.1) is 12.5 Å². The molecule has 0 radical (unpaired) electrons. The van der Waals surface area contributed by atoms with Crippen LogP contribution in [0.1, 0.15) is 11.1 Å². The van der Waals surface area contributed by atoms with Crippen LogP contribution in [-0.2, 0) is 13.1 Å². The zero-order chi connectivity index (χ0) is 12.3. The summed E-state index contributed by atoms with van der Waals surface area (Å²) in [5.41, 5.74) is 8.87. The second-order valence-corrected chi connectivity index (χ2v) is 4.58. The maximum absolute atomic E-state index is 5.95. The number of anilines is 1. The van der Waals surface area contributed by atoms with Crippen molar-refractivity contribution < 1.29 is 4.42 Å². The topological polar surface area (TPSA) is 42.4 Å². The molecule has 0 atom stereocenters. The molecule has 90 valence electrons. The van der Waals surface area contributed by atoms with Crippen molar-refractivity contribution in [1.82, 2.24) is 4.90 Å². The lowest BCUT2D eigenvalue weighted by Gasteiger charge is -2.17. The van der Waals surface area contributed by atoms with Gasteiger partial charge < -0.3 is 10.2 Å². The first-order valence-corrected chi connectivity index (χ1v) is 5.76. The Bertz CT molecular complexity index is 482. The molecule has 0 spiro atoms. The third-order valence-electron chi connectivity index (χ3n) is 2.58. The van der Waals surface area contributed by atoms with Crippen molar-refractivity contribution in [2.24, 2.45) is 0 Å². The molecule has 3 nitrogen and oxygen atoms in total. The fraction of sp³-hybridized carbons (Fsp3) is 0.231. The SMILES string of the molecule is CN(Cc1ccoc1)Cc1cc(Cl)ccc1N. The average molecular weight is 251 g/mol. The summed E-state index contributed by atoms with van der Waals surface area (Å²) in [7, 11) is 2.04. The predicted molar refractivity (Wildman–Crippen MR) is 69.7 cm³/mol. The fourth-order valence-electron chi connectivity index (χ4n) is 1.75. The van der Waals surface area contributed by atoms with Crippen LogP contribution in [0.15, 0.2) is 41.2 Å². The number of furan rings is 1. The van der Waals surface area contributed by atoms with E-state index in [9.17, 15) is 0 Å². The van der Waals surface area contributed by atoms with Crippen LogP contribution in [-0.4, -0.2) is 11.9 Å². The minimum Gasteiger partial charge on any atom is -0.472 e. The van der Waals surface area contributed by atoms with E-state index < -0.39 is 0 Å². The highest BCUT2D eigenvalue weighted by atomic mass is 35.5. The zero-order valence-corrected chi connectivity index (χ0v) is 10.4. The van der Waals surface area contributed by atoms with Gasteiger partial charge in [0.1, 0.15) is 0 Å². The van der Waals surface area contributed by atoms with Gasteiger partial charge in [-0.15, -0.1) is 0 Å². The highest BCUT2D eigenvalue weighted by Gasteiger charge is 2.06. The number of hydrogen-bond acceptors (Lipinski definition) is 3. The van der Waals surface area contributed by atoms with Crippen LogP contribution < -0.4 is 5.73 Å². The number of benzene rings is 1. The van der Waals surface area contributed by atoms with E-state index in [4.69, 9.17) is 21.8 Å². The van der Waals surface area contributed by atoms with Crippen molar-refractivity contribution in [3.8, 4) is 0 Å². The largest absolute Gasteiger partial charge is 0.472 e. The fourth-order valence-corrected chi connectivity index (χ4v) is 1.95. The molecule has 1 heterocycles. The monoisotopic (exact) mass is 250 g/mol. The summed E-state index contributed by atoms with van der Waals surface area (Å²) < 4.78 is 5.04. The summed E-state index contributed by atoms with van der Waals surface area (Å²) in [6.45, 7) is 1.58. The summed E-state index contributed by atoms with van der Waals surface area (Å²) in [5, 5.41) is 0.714. The van der Waals surface area contributed by atoms with Crippen LogP contribution in [0.2, 0.25) is 5.02 Å². The molecule has 0 aliphatic rings. The maximum atomic E-state index is 5.95. The lowest BCUT2D eigenvalue weighted by Crippen LogP contribution is -2.17. The molecular formula is C13H15ClN2O. The Morgan fingerprint density at radius 3 is 2.82 bits per heavy atom. The number of nitrogens with zero attached hydrogens (tertiary/aromatic N) is 1. The van der Waals surface area contributed by atoms with Crippen LogP contribution in [0.3, 0.4) is 0 Å². The molecule has 1 aromatic carbocycles. The molecule has 2 aromatic rings. The minimum absolute atomic E-state index is 0.714. The molecule has 1 aromatic heterocycles. The number of hydrogen-bond donors (Lipinski definition) is 1. The molecular weight excluding hydrogens is 236 g/mol. The molecule has 17 heavy (non-hydrogen) atoms. The third kappa shape index (κ3) is 3.25. The van der Waals surface area contributed by atoms with E-state index in [0.717, 1.165) is 29.9 Å². The highest BCUT2D eigenvalue weighted by molar-refractivity contribution is 6.30. The van der Waals surface area contributed by atoms with Crippen molar-refractivity contribution >= 4 is 17.3 Å². The molecule has 0 aliphatic carbocycles. The molecule has 0 aliphatic heterocycles. The Hall–Kier alpha value is -1.45. The summed E-state index contributed by atoms with van der Waals surface area (Å²) in [4.78, 5) is 2.16. The molecule has 0 saturated carbocycles. The third-order valence-corrected chi connectivity index (χ3v) is 2.81. The van der Waals surface area contributed by atoms with Gasteiger partial charge in [0.25, 0.3) is 0 Å². The molecule has 2 rings (SSSR count). The van der Waals surface area contributed by atoms with Gasteiger partial charge in [-0.3, -0.25) is 4.90 Å². The van der Waals surface area contributed by atoms with Gasteiger partial charge in [0, 0.05) is 29.4 Å². The Morgan fingerprint density at radius 2 is 2.12 bits per heavy atom. The van der Waals surface area contributed by atoms with Crippen LogP contribution in [0, 0.1) is 0 Å². The van der Waals surface area contributed by atoms with Crippen LogP contribution in [0.5, 0.6) is 0 Å². The number of nitrogens with two attached hydrogens (primary N) is 1. The number of halogens is 1. The first-order valence-electron chi connectivity index (χ1n) is 5.38. The van der Waals surface area contributed by atoms with E-state index in [-0.39, 0.29) is 0 Å². The maximum Gasteiger partial charge on any atom is 0.0947 e. The number of nitrogen functional groups attached to an aromatic ring is 1. The van der Waals surface area contributed by atoms with Crippen LogP contribution in [0.4, 0.5) is 5.69 Å². The highest BCUT2D eigenvalue weighted by Crippen LogP contribution is 2.19. The van der Waals surface area contributed by atoms with E-state index in [1.807, 2.05) is 25.2 Å². The van der Waals surface area contributed by atoms with E-state index in [1.54, 1.807) is 18.6 Å². The van der Waals surface area contributed by atoms with Crippen LogP contribution >= 0.6 is 11.6 Å². The summed E-state index contributed by atoms with van der Waals surface area (Å²) in [6.07, 6.45) is 3.43. The van der Waals surface area contributed by atoms with Gasteiger partial charge in [-0.05, 0) is 36.9 Å². The van der Waals surface area contributed by atoms with Gasteiger partial charge >= 0.3 is 0 Å². The molecule has 4 heteroatoms. The second kappa shape index (κ2) is 5.25. The van der Waals surface area contributed by atoms with E-state index >= 15 is 0 Å². The smallest absolute Gasteiger partial charge is 0.0947 e. The zero-order valence-electron chi connectivity index (χ0n) is 9.69. The van der Waals surface area contributed by atoms with Crippen molar-refractivity contribution in [1.29, 1.82) is 0 Å². The van der Waals surface area contributed by atoms with Crippen LogP contribution in [0.25, 0.3) is 0 Å². The van der Waals surface area contributed by atoms with Crippen molar-refractivity contribution in [2.45, 2.75) is 13.1 Å². The van der Waals surface area contributed by atoms with Gasteiger partial charge in [-0.25, -0.2) is 0 Å². The molecule has 0 unspecified atom stereocenters. The van der Waals surface area contributed by atoms with Gasteiger partial charge in [-0.2, -0.15) is 0 Å². The lowest BCUT2D eigenvalue weighted by molar-refractivity contribution is 0.318. The summed E-state index contributed by atoms with van der Waals surface area (Å²) in [6, 6.07) is 7.50. The van der Waals surface area contributed by atoms with Crippen molar-refractivity contribution in [2.75, 3.05) is 12.8 Å². The van der Waals surface area contributed by atoms with E-state index in [0.29, 0.717) is 5.02 Å². The average Bonchev–Trinajstić information content (AvgIpc) is 2.76. The van der Waals surface area contributed by atoms with Gasteiger partial charge in [-0.1, -0.05) is 11.6 Å². The lowest BCUT2D eigenvalue weighted by atomic mass is 10.1. The van der Waals surface area contributed by atoms with E-state index in [1.165, 1.54) is 0 Å². The molecule has 0 fully saturated rings. The second-order valence-electron chi connectivity index (χ2n) is 4.15. The van der Waals surface area contributed by atoms with Crippen molar-refractivity contribution in [3.63, 3.8) is 0 Å². The minimum atomic E-state index is 0.714. The first-order chi connectivity index (χ1) is 8.15. The Labute approximate surface area is 106 Å². The predicted octanol–water partition coefficient (Wildman–Crippen LogP) is 3.15. The molecule has 0 amide bonds. The van der Waals surface area contributed by atoms with Gasteiger partial charge in [0.2, 0.25) is 0 Å². The number of rotatable bonds is 4. The molecule has 2 N–H and O–H groups in total. The van der Waals surface area contributed by atoms with Crippen molar-refractivity contribution in [3.05, 3.63) is 52.9 Å². The Balaban J connectivity index is 2.02. The Kier molecular flexibility index (Phi) is 3.71. The van der Waals surface area contributed by atoms with Gasteiger partial charge in [0.15, 0.2) is 0 Å². The first kappa shape index (κ1) is 12.0.